The van der Waals surface area contributed by atoms with Gasteiger partial charge in [0.2, 0.25) is 0 Å². The molecule has 1 N–H and O–H groups in total. The SMILES string of the molecule is COc1c(C)cccc1CC(OC)C(=O)O. The van der Waals surface area contributed by atoms with Gasteiger partial charge in [0.15, 0.2) is 6.10 Å². The lowest BCUT2D eigenvalue weighted by molar-refractivity contribution is -0.148. The molecule has 1 aromatic rings. The van der Waals surface area contributed by atoms with E-state index in [1.54, 1.807) is 7.11 Å². The smallest absolute Gasteiger partial charge is 0.333 e. The molecule has 1 aromatic carbocycles. The number of para-hydroxylation sites is 1. The maximum atomic E-state index is 10.9. The molecule has 88 valence electrons. The first-order valence-corrected chi connectivity index (χ1v) is 4.98. The summed E-state index contributed by atoms with van der Waals surface area (Å²) >= 11 is 0. The Bertz CT molecular complexity index is 373. The summed E-state index contributed by atoms with van der Waals surface area (Å²) in [7, 11) is 2.97. The molecule has 4 heteroatoms. The zero-order valence-electron chi connectivity index (χ0n) is 9.69. The molecule has 16 heavy (non-hydrogen) atoms. The fourth-order valence-electron chi connectivity index (χ4n) is 1.64. The van der Waals surface area contributed by atoms with Crippen LogP contribution in [0.2, 0.25) is 0 Å². The Hall–Kier alpha value is -1.55. The third-order valence-corrected chi connectivity index (χ3v) is 2.46. The van der Waals surface area contributed by atoms with Crippen molar-refractivity contribution in [1.29, 1.82) is 0 Å². The van der Waals surface area contributed by atoms with Crippen molar-refractivity contribution in [3.8, 4) is 5.75 Å². The number of hydrogen-bond donors (Lipinski definition) is 1. The predicted molar refractivity (Wildman–Crippen MR) is 59.9 cm³/mol. The molecule has 4 nitrogen and oxygen atoms in total. The Labute approximate surface area is 94.8 Å². The van der Waals surface area contributed by atoms with Gasteiger partial charge >= 0.3 is 5.97 Å². The number of benzene rings is 1. The molecule has 1 atom stereocenters. The molecule has 0 bridgehead atoms. The number of ether oxygens (including phenoxy) is 2. The van der Waals surface area contributed by atoms with Crippen molar-refractivity contribution in [2.75, 3.05) is 14.2 Å². The Balaban J connectivity index is 2.95. The highest BCUT2D eigenvalue weighted by Crippen LogP contribution is 2.24. The van der Waals surface area contributed by atoms with Gasteiger partial charge in [-0.15, -0.1) is 0 Å². The first-order valence-electron chi connectivity index (χ1n) is 4.98. The molecule has 0 aliphatic heterocycles. The molecular weight excluding hydrogens is 208 g/mol. The van der Waals surface area contributed by atoms with Crippen molar-refractivity contribution < 1.29 is 19.4 Å². The van der Waals surface area contributed by atoms with Crippen LogP contribution in [0.5, 0.6) is 5.75 Å². The summed E-state index contributed by atoms with van der Waals surface area (Å²) in [5.41, 5.74) is 1.83. The Kier molecular flexibility index (Phi) is 4.31. The van der Waals surface area contributed by atoms with Gasteiger partial charge in [-0.2, -0.15) is 0 Å². The average molecular weight is 224 g/mol. The van der Waals surface area contributed by atoms with Crippen molar-refractivity contribution >= 4 is 5.97 Å². The molecule has 0 aliphatic rings. The minimum Gasteiger partial charge on any atom is -0.496 e. The van der Waals surface area contributed by atoms with Gasteiger partial charge in [0.1, 0.15) is 5.75 Å². The van der Waals surface area contributed by atoms with Crippen molar-refractivity contribution in [3.05, 3.63) is 29.3 Å². The number of hydrogen-bond acceptors (Lipinski definition) is 3. The molecule has 0 radical (unpaired) electrons. The van der Waals surface area contributed by atoms with E-state index in [1.807, 2.05) is 25.1 Å². The maximum absolute atomic E-state index is 10.9. The summed E-state index contributed by atoms with van der Waals surface area (Å²) in [5.74, 6) is -0.239. The van der Waals surface area contributed by atoms with Crippen LogP contribution in [0.4, 0.5) is 0 Å². The molecule has 0 aliphatic carbocycles. The van der Waals surface area contributed by atoms with Gasteiger partial charge in [0.05, 0.1) is 7.11 Å². The highest BCUT2D eigenvalue weighted by molar-refractivity contribution is 5.73. The summed E-state index contributed by atoms with van der Waals surface area (Å²) in [6.07, 6.45) is -0.535. The predicted octanol–water partition coefficient (Wildman–Crippen LogP) is 1.65. The van der Waals surface area contributed by atoms with E-state index in [4.69, 9.17) is 14.6 Å². The molecule has 1 unspecified atom stereocenters. The molecule has 0 heterocycles. The van der Waals surface area contributed by atoms with Crippen LogP contribution in [0.15, 0.2) is 18.2 Å². The highest BCUT2D eigenvalue weighted by atomic mass is 16.5. The van der Waals surface area contributed by atoms with Crippen molar-refractivity contribution in [2.24, 2.45) is 0 Å². The van der Waals surface area contributed by atoms with Crippen LogP contribution < -0.4 is 4.74 Å². The molecule has 0 saturated heterocycles. The molecule has 1 rings (SSSR count). The molecular formula is C12H16O4. The molecule has 0 amide bonds. The standard InChI is InChI=1S/C12H16O4/c1-8-5-4-6-9(11(8)16-3)7-10(15-2)12(13)14/h4-6,10H,7H2,1-3H3,(H,13,14). The van der Waals surface area contributed by atoms with Crippen LogP contribution in [0.1, 0.15) is 11.1 Å². The second-order valence-electron chi connectivity index (χ2n) is 3.53. The number of carboxylic acid groups (broad SMARTS) is 1. The molecule has 0 aromatic heterocycles. The van der Waals surface area contributed by atoms with Crippen LogP contribution >= 0.6 is 0 Å². The fourth-order valence-corrected chi connectivity index (χ4v) is 1.64. The van der Waals surface area contributed by atoms with E-state index in [-0.39, 0.29) is 0 Å². The van der Waals surface area contributed by atoms with E-state index < -0.39 is 12.1 Å². The molecule has 0 saturated carbocycles. The zero-order chi connectivity index (χ0) is 12.1. The van der Waals surface area contributed by atoms with Crippen LogP contribution in [-0.4, -0.2) is 31.4 Å². The van der Waals surface area contributed by atoms with Crippen LogP contribution in [0.25, 0.3) is 0 Å². The lowest BCUT2D eigenvalue weighted by Crippen LogP contribution is -2.25. The minimum absolute atomic E-state index is 0.302. The lowest BCUT2D eigenvalue weighted by Gasteiger charge is -2.14. The van der Waals surface area contributed by atoms with E-state index in [0.29, 0.717) is 6.42 Å². The average Bonchev–Trinajstić information content (AvgIpc) is 2.25. The monoisotopic (exact) mass is 224 g/mol. The number of aliphatic carboxylic acids is 1. The topological polar surface area (TPSA) is 55.8 Å². The molecule has 0 fully saturated rings. The van der Waals surface area contributed by atoms with E-state index in [1.165, 1.54) is 7.11 Å². The normalized spacial score (nSPS) is 12.2. The largest absolute Gasteiger partial charge is 0.496 e. The van der Waals surface area contributed by atoms with Crippen LogP contribution in [0.3, 0.4) is 0 Å². The zero-order valence-corrected chi connectivity index (χ0v) is 9.69. The highest BCUT2D eigenvalue weighted by Gasteiger charge is 2.19. The second kappa shape index (κ2) is 5.51. The Morgan fingerprint density at radius 2 is 2.12 bits per heavy atom. The van der Waals surface area contributed by atoms with Crippen LogP contribution in [0, 0.1) is 6.92 Å². The van der Waals surface area contributed by atoms with Gasteiger partial charge in [0, 0.05) is 13.5 Å². The van der Waals surface area contributed by atoms with Crippen molar-refractivity contribution in [2.45, 2.75) is 19.4 Å². The fraction of sp³-hybridized carbons (Fsp3) is 0.417. The van der Waals surface area contributed by atoms with Crippen molar-refractivity contribution in [1.82, 2.24) is 0 Å². The summed E-state index contributed by atoms with van der Waals surface area (Å²) in [6, 6.07) is 5.65. The Morgan fingerprint density at radius 3 is 2.62 bits per heavy atom. The summed E-state index contributed by atoms with van der Waals surface area (Å²) < 4.78 is 10.2. The number of carboxylic acids is 1. The van der Waals surface area contributed by atoms with Gasteiger partial charge in [-0.3, -0.25) is 0 Å². The van der Waals surface area contributed by atoms with Gasteiger partial charge in [-0.1, -0.05) is 18.2 Å². The van der Waals surface area contributed by atoms with E-state index in [0.717, 1.165) is 16.9 Å². The summed E-state index contributed by atoms with van der Waals surface area (Å²) in [5, 5.41) is 8.90. The van der Waals surface area contributed by atoms with E-state index in [9.17, 15) is 4.79 Å². The second-order valence-corrected chi connectivity index (χ2v) is 3.53. The minimum atomic E-state index is -0.967. The quantitative estimate of drug-likeness (QED) is 0.826. The number of aryl methyl sites for hydroxylation is 1. The van der Waals surface area contributed by atoms with E-state index in [2.05, 4.69) is 0 Å². The molecule has 0 spiro atoms. The third-order valence-electron chi connectivity index (χ3n) is 2.46. The van der Waals surface area contributed by atoms with Gasteiger partial charge in [-0.25, -0.2) is 4.79 Å². The van der Waals surface area contributed by atoms with Gasteiger partial charge in [0.25, 0.3) is 0 Å². The number of methoxy groups -OCH3 is 2. The third kappa shape index (κ3) is 2.73. The summed E-state index contributed by atoms with van der Waals surface area (Å²) in [4.78, 5) is 10.9. The summed E-state index contributed by atoms with van der Waals surface area (Å²) in [6.45, 7) is 1.92. The van der Waals surface area contributed by atoms with Crippen molar-refractivity contribution in [3.63, 3.8) is 0 Å². The van der Waals surface area contributed by atoms with Crippen LogP contribution in [-0.2, 0) is 16.0 Å². The van der Waals surface area contributed by atoms with Gasteiger partial charge in [-0.05, 0) is 18.1 Å². The number of carbonyl (C=O) groups is 1. The first kappa shape index (κ1) is 12.5. The van der Waals surface area contributed by atoms with Gasteiger partial charge < -0.3 is 14.6 Å². The lowest BCUT2D eigenvalue weighted by atomic mass is 10.0. The first-order chi connectivity index (χ1) is 7.60. The van der Waals surface area contributed by atoms with E-state index >= 15 is 0 Å². The Morgan fingerprint density at radius 1 is 1.44 bits per heavy atom. The maximum Gasteiger partial charge on any atom is 0.333 e. The number of rotatable bonds is 5.